The summed E-state index contributed by atoms with van der Waals surface area (Å²) in [5.74, 6) is 1.85. The van der Waals surface area contributed by atoms with E-state index < -0.39 is 0 Å². The predicted octanol–water partition coefficient (Wildman–Crippen LogP) is 32.2. The molecule has 0 spiro atoms. The Morgan fingerprint density at radius 2 is 0.553 bits per heavy atom. The lowest BCUT2D eigenvalue weighted by atomic mass is 9.79. The van der Waals surface area contributed by atoms with Crippen molar-refractivity contribution in [2.45, 2.75) is 45.3 Å². The monoisotopic (exact) mass is 1900 g/mol. The normalized spacial score (nSPS) is 13.1. The molecule has 0 saturated carbocycles. The molecule has 2 aliphatic rings. The van der Waals surface area contributed by atoms with Crippen molar-refractivity contribution >= 4 is 192 Å². The molecule has 25 aromatic rings. The highest BCUT2D eigenvalue weighted by atomic mass is 79.9. The van der Waals surface area contributed by atoms with Gasteiger partial charge in [0.2, 0.25) is 0 Å². The van der Waals surface area contributed by atoms with Gasteiger partial charge in [0.15, 0.2) is 0 Å². The molecule has 0 N–H and O–H groups in total. The van der Waals surface area contributed by atoms with Crippen molar-refractivity contribution in [2.75, 3.05) is 0 Å². The van der Waals surface area contributed by atoms with Crippen LogP contribution in [0.3, 0.4) is 0 Å². The van der Waals surface area contributed by atoms with Gasteiger partial charge in [0.1, 0.15) is 45.1 Å². The highest BCUT2D eigenvalue weighted by molar-refractivity contribution is 9.11. The largest absolute Gasteiger partial charge is 0.494 e. The Morgan fingerprint density at radius 1 is 0.250 bits per heavy atom. The minimum Gasteiger partial charge on any atom is -0.456 e. The third-order valence-corrected chi connectivity index (χ3v) is 27.4. The quantitative estimate of drug-likeness (QED) is 0.140. The summed E-state index contributed by atoms with van der Waals surface area (Å²) in [7, 11) is -0.364. The second-order valence-electron chi connectivity index (χ2n) is 34.5. The fourth-order valence-electron chi connectivity index (χ4n) is 18.9. The summed E-state index contributed by atoms with van der Waals surface area (Å²) in [5, 5.41) is 11.8. The van der Waals surface area contributed by atoms with Crippen molar-refractivity contribution in [1.29, 1.82) is 0 Å². The van der Waals surface area contributed by atoms with Gasteiger partial charge in [-0.05, 0) is 249 Å². The Bertz CT molecular complexity index is 8540. The molecule has 18 aromatic carbocycles. The van der Waals surface area contributed by atoms with Crippen LogP contribution < -0.4 is 5.46 Å². The number of fused-ring (bicyclic) bond motifs is 20. The van der Waals surface area contributed by atoms with Crippen molar-refractivity contribution in [3.63, 3.8) is 0 Å². The summed E-state index contributed by atoms with van der Waals surface area (Å²) in [5.41, 5.74) is 29.3. The summed E-state index contributed by atoms with van der Waals surface area (Å²) in [6.07, 6.45) is 1.10. The van der Waals surface area contributed by atoms with Crippen LogP contribution in [0.25, 0.3) is 199 Å². The standard InChI is InChI=1S/C43H27N3O.C25H25BN2O2.C24H14BrNO.C13H10.C12H6Br2O/c1-2-10-31(11-3-1)46-40-17-9-6-14-37(40)44-43(46)29-20-18-28(19-21-29)30-22-24-41-35(26-30)36-27-32(23-25-42(36)47-41)45-38-15-7-4-12-33(38)34-13-5-8-16-39(34)45;1-24(2)25(3,4)30-26(29-24)19-16-14-18(15-17-19)23-27-21-12-8-9-13-22(21)28(23)20-10-6-5-7-11-20;25-15-9-11-23-19(13-15)20-14-16(10-12-24(20)27-23)26-21-7-3-1-5-17(21)18-6-2-4-8-22(18)26;1-3-7-12-10(5-1)9-11-6-2-4-8-13(11)12;13-7-1-3-11-9(5-7)10-6-8(14)2-4-12(10)15-11/h1-27H;5-17H,1-4H3;1-14H;1-8H,9H2;1-6H. The number of benzene rings is 18. The van der Waals surface area contributed by atoms with Crippen LogP contribution in [0, 0.1) is 0 Å². The van der Waals surface area contributed by atoms with Crippen molar-refractivity contribution in [2.24, 2.45) is 0 Å². The lowest BCUT2D eigenvalue weighted by Gasteiger charge is -2.32. The molecule has 27 rings (SSSR count). The van der Waals surface area contributed by atoms with Crippen LogP contribution in [0.1, 0.15) is 38.8 Å². The van der Waals surface area contributed by atoms with Crippen molar-refractivity contribution in [1.82, 2.24) is 28.2 Å². The number of halogens is 3. The number of nitrogens with zero attached hydrogens (tertiary/aromatic N) is 6. The van der Waals surface area contributed by atoms with Crippen LogP contribution in [-0.4, -0.2) is 46.6 Å². The Labute approximate surface area is 786 Å². The van der Waals surface area contributed by atoms with Gasteiger partial charge in [-0.1, -0.05) is 284 Å². The summed E-state index contributed by atoms with van der Waals surface area (Å²) < 4.78 is 42.8. The molecule has 1 aliphatic heterocycles. The van der Waals surface area contributed by atoms with Gasteiger partial charge in [-0.15, -0.1) is 0 Å². The predicted molar refractivity (Wildman–Crippen MR) is 555 cm³/mol. The number of rotatable bonds is 8. The number of hydrogen-bond donors (Lipinski definition) is 0. The van der Waals surface area contributed by atoms with Gasteiger partial charge >= 0.3 is 7.12 Å². The van der Waals surface area contributed by atoms with Crippen LogP contribution in [0.2, 0.25) is 0 Å². The number of hydrogen-bond acceptors (Lipinski definition) is 7. The maximum Gasteiger partial charge on any atom is 0.494 e. The Balaban J connectivity index is 0.000000101. The third kappa shape index (κ3) is 14.9. The molecule has 0 bridgehead atoms. The summed E-state index contributed by atoms with van der Waals surface area (Å²) in [6.45, 7) is 8.29. The van der Waals surface area contributed by atoms with Crippen LogP contribution in [0.4, 0.5) is 0 Å². The van der Waals surface area contributed by atoms with Gasteiger partial charge in [-0.25, -0.2) is 9.97 Å². The lowest BCUT2D eigenvalue weighted by Crippen LogP contribution is -2.41. The number of imidazole rings is 2. The topological polar surface area (TPSA) is 103 Å². The smallest absolute Gasteiger partial charge is 0.456 e. The summed E-state index contributed by atoms with van der Waals surface area (Å²) >= 11 is 10.5. The first-order valence-electron chi connectivity index (χ1n) is 44.3. The lowest BCUT2D eigenvalue weighted by molar-refractivity contribution is 0.00578. The van der Waals surface area contributed by atoms with E-state index in [2.05, 4.69) is 446 Å². The van der Waals surface area contributed by atoms with E-state index in [4.69, 9.17) is 32.5 Å². The second kappa shape index (κ2) is 33.7. The van der Waals surface area contributed by atoms with Crippen molar-refractivity contribution in [3.8, 4) is 67.8 Å². The molecule has 11 nitrogen and oxygen atoms in total. The number of para-hydroxylation sites is 10. The molecule has 0 unspecified atom stereocenters. The Hall–Kier alpha value is -14.7. The second-order valence-corrected chi connectivity index (χ2v) is 37.3. The summed E-state index contributed by atoms with van der Waals surface area (Å²) in [4.78, 5) is 9.98. The molecular weight excluding hydrogens is 1820 g/mol. The molecule has 0 amide bonds. The minimum atomic E-state index is -0.364. The first kappa shape index (κ1) is 81.8. The van der Waals surface area contributed by atoms with Gasteiger partial charge in [-0.2, -0.15) is 0 Å². The minimum absolute atomic E-state index is 0.350. The molecule has 0 atom stereocenters. The van der Waals surface area contributed by atoms with E-state index in [9.17, 15) is 0 Å². The van der Waals surface area contributed by atoms with E-state index >= 15 is 0 Å². The highest BCUT2D eigenvalue weighted by Gasteiger charge is 2.51. The van der Waals surface area contributed by atoms with Crippen LogP contribution in [0.15, 0.2) is 439 Å². The zero-order valence-corrected chi connectivity index (χ0v) is 77.2. The van der Waals surface area contributed by atoms with Gasteiger partial charge in [0.05, 0.1) is 55.3 Å². The average Bonchev–Trinajstić information content (AvgIpc) is 1.59. The van der Waals surface area contributed by atoms with Crippen molar-refractivity contribution < 1.29 is 22.6 Å². The van der Waals surface area contributed by atoms with Crippen LogP contribution >= 0.6 is 47.8 Å². The molecule has 0 radical (unpaired) electrons. The highest BCUT2D eigenvalue weighted by Crippen LogP contribution is 2.44. The number of furan rings is 3. The fraction of sp³-hybridized carbons (Fsp3) is 0.0598. The molecule has 1 aliphatic carbocycles. The van der Waals surface area contributed by atoms with Gasteiger partial charge in [0.25, 0.3) is 0 Å². The van der Waals surface area contributed by atoms with Crippen LogP contribution in [0.5, 0.6) is 0 Å². The zero-order chi connectivity index (χ0) is 88.9. The SMILES string of the molecule is Brc1ccc2oc3ccc(-n4c5ccccc5c5ccccc54)cc3c2c1.Brc1ccc2oc3ccc(Br)cc3c2c1.CC1(C)OB(c2ccc(-c3nc4ccccc4n3-c3ccccc3)cc2)OC1(C)C.c1ccc(-n2c(-c3ccc(-c4ccc5oc6ccc(-n7c8ccccc8c8ccccc87)cc6c5c4)cc3)nc3ccccc32)cc1.c1ccc2c(c1)Cc1ccccc1-2. The maximum absolute atomic E-state index is 6.33. The Morgan fingerprint density at radius 3 is 0.955 bits per heavy atom. The molecule has 7 aromatic heterocycles. The molecule has 132 heavy (non-hydrogen) atoms. The average molecular weight is 1900 g/mol. The van der Waals surface area contributed by atoms with E-state index in [0.29, 0.717) is 0 Å². The molecule has 15 heteroatoms. The van der Waals surface area contributed by atoms with Gasteiger partial charge in [-0.3, -0.25) is 9.13 Å². The van der Waals surface area contributed by atoms with E-state index in [0.717, 1.165) is 170 Å². The van der Waals surface area contributed by atoms with E-state index in [1.165, 1.54) is 65.9 Å². The molecular formula is C117H82BBr3N6O5. The first-order chi connectivity index (χ1) is 64.6. The van der Waals surface area contributed by atoms with Crippen LogP contribution in [-0.2, 0) is 15.7 Å². The van der Waals surface area contributed by atoms with E-state index in [1.54, 1.807) is 0 Å². The number of aromatic nitrogens is 6. The third-order valence-electron chi connectivity index (χ3n) is 26.0. The van der Waals surface area contributed by atoms with Crippen molar-refractivity contribution in [3.05, 3.63) is 437 Å². The molecule has 1 fully saturated rings. The summed E-state index contributed by atoms with van der Waals surface area (Å²) in [6, 6.07) is 144. The molecule has 8 heterocycles. The first-order valence-corrected chi connectivity index (χ1v) is 46.6. The molecule has 1 saturated heterocycles. The Kier molecular flexibility index (Phi) is 20.9. The van der Waals surface area contributed by atoms with Gasteiger partial charge in [0, 0.05) is 101 Å². The van der Waals surface area contributed by atoms with Gasteiger partial charge < -0.3 is 31.7 Å². The fourth-order valence-corrected chi connectivity index (χ4v) is 19.9. The zero-order valence-electron chi connectivity index (χ0n) is 72.4. The van der Waals surface area contributed by atoms with E-state index in [-0.39, 0.29) is 18.3 Å². The maximum atomic E-state index is 6.33. The molecule has 634 valence electrons. The van der Waals surface area contributed by atoms with E-state index in [1.807, 2.05) is 60.7 Å².